The van der Waals surface area contributed by atoms with Crippen LogP contribution in [0.3, 0.4) is 0 Å². The minimum atomic E-state index is -4.66. The van der Waals surface area contributed by atoms with Gasteiger partial charge in [-0.25, -0.2) is 16.8 Å². The highest BCUT2D eigenvalue weighted by Gasteiger charge is 2.33. The lowest BCUT2D eigenvalue weighted by molar-refractivity contribution is -0.137. The molecule has 190 valence electrons. The number of rotatable bonds is 4. The van der Waals surface area contributed by atoms with Gasteiger partial charge in [-0.05, 0) is 59.5 Å². The number of hydrogen-bond acceptors (Lipinski definition) is 3. The molecule has 1 aromatic heterocycles. The summed E-state index contributed by atoms with van der Waals surface area (Å²) in [4.78, 5) is -0.114. The van der Waals surface area contributed by atoms with E-state index in [1.54, 1.807) is 12.1 Å². The van der Waals surface area contributed by atoms with Crippen LogP contribution in [0.2, 0.25) is 0 Å². The third kappa shape index (κ3) is 4.81. The van der Waals surface area contributed by atoms with Gasteiger partial charge in [-0.15, -0.1) is 0 Å². The summed E-state index contributed by atoms with van der Waals surface area (Å²) in [5.41, 5.74) is -1.22. The number of nitrogens with zero attached hydrogens (tertiary/aromatic N) is 1. The summed E-state index contributed by atoms with van der Waals surface area (Å²) in [6, 6.07) is 13.8. The van der Waals surface area contributed by atoms with Crippen molar-refractivity contribution in [2.75, 3.05) is 0 Å². The number of halogens is 5. The molecule has 0 radical (unpaired) electrons. The maximum atomic E-state index is 14.7. The van der Waals surface area contributed by atoms with Crippen LogP contribution in [0.25, 0.3) is 10.9 Å². The van der Waals surface area contributed by atoms with Crippen LogP contribution in [0.4, 0.5) is 17.6 Å². The Morgan fingerprint density at radius 2 is 1.61 bits per heavy atom. The van der Waals surface area contributed by atoms with Crippen LogP contribution in [0.15, 0.2) is 76.1 Å². The van der Waals surface area contributed by atoms with Crippen LogP contribution < -0.4 is 0 Å². The molecule has 4 nitrogen and oxygen atoms in total. The molecule has 1 unspecified atom stereocenters. The minimum Gasteiger partial charge on any atom is -0.382 e. The van der Waals surface area contributed by atoms with Gasteiger partial charge in [0.2, 0.25) is 0 Å². The second-order valence-electron chi connectivity index (χ2n) is 9.46. The summed E-state index contributed by atoms with van der Waals surface area (Å²) >= 11 is 3.13. The largest absolute Gasteiger partial charge is 0.416 e. The molecule has 0 amide bonds. The zero-order valence-electron chi connectivity index (χ0n) is 19.4. The average molecular weight is 584 g/mol. The Labute approximate surface area is 214 Å². The molecule has 0 spiro atoms. The number of benzene rings is 3. The zero-order chi connectivity index (χ0) is 26.6. The topological polar surface area (TPSA) is 59.3 Å². The Morgan fingerprint density at radius 1 is 0.917 bits per heavy atom. The molecule has 0 aliphatic carbocycles. The second kappa shape index (κ2) is 9.00. The fraction of sp³-hybridized carbons (Fsp3) is 0.231. The first-order valence-electron chi connectivity index (χ1n) is 10.8. The van der Waals surface area contributed by atoms with Crippen molar-refractivity contribution in [3.05, 3.63) is 99.4 Å². The first-order chi connectivity index (χ1) is 16.6. The van der Waals surface area contributed by atoms with Gasteiger partial charge >= 0.3 is 6.18 Å². The highest BCUT2D eigenvalue weighted by atomic mass is 79.9. The number of hydrogen-bond donors (Lipinski definition) is 1. The van der Waals surface area contributed by atoms with Gasteiger partial charge in [-0.2, -0.15) is 13.2 Å². The van der Waals surface area contributed by atoms with Crippen LogP contribution in [-0.2, 0) is 21.6 Å². The summed E-state index contributed by atoms with van der Waals surface area (Å²) in [6.07, 6.45) is -6.44. The van der Waals surface area contributed by atoms with E-state index in [1.165, 1.54) is 24.3 Å². The number of alkyl halides is 3. The molecule has 0 aliphatic rings. The molecule has 36 heavy (non-hydrogen) atoms. The van der Waals surface area contributed by atoms with Gasteiger partial charge in [-0.1, -0.05) is 54.9 Å². The lowest BCUT2D eigenvalue weighted by Gasteiger charge is -2.21. The van der Waals surface area contributed by atoms with Gasteiger partial charge < -0.3 is 5.11 Å². The van der Waals surface area contributed by atoms with E-state index < -0.39 is 33.7 Å². The van der Waals surface area contributed by atoms with Crippen LogP contribution in [0.5, 0.6) is 0 Å². The molecule has 0 fully saturated rings. The molecule has 3 aromatic carbocycles. The van der Waals surface area contributed by atoms with E-state index in [-0.39, 0.29) is 32.5 Å². The molecule has 4 rings (SSSR count). The van der Waals surface area contributed by atoms with E-state index in [4.69, 9.17) is 0 Å². The summed E-state index contributed by atoms with van der Waals surface area (Å²) < 4.78 is 83.8. The predicted octanol–water partition coefficient (Wildman–Crippen LogP) is 7.18. The van der Waals surface area contributed by atoms with Crippen molar-refractivity contribution in [2.45, 2.75) is 43.4 Å². The summed E-state index contributed by atoms with van der Waals surface area (Å²) in [7, 11) is -4.41. The first kappa shape index (κ1) is 26.4. The summed E-state index contributed by atoms with van der Waals surface area (Å²) in [6.45, 7) is 5.73. The smallest absolute Gasteiger partial charge is 0.382 e. The van der Waals surface area contributed by atoms with Crippen molar-refractivity contribution in [2.24, 2.45) is 0 Å². The van der Waals surface area contributed by atoms with Crippen molar-refractivity contribution in [3.63, 3.8) is 0 Å². The number of aliphatic hydroxyl groups is 1. The van der Waals surface area contributed by atoms with Crippen LogP contribution in [0, 0.1) is 5.82 Å². The molecule has 4 aromatic rings. The SMILES string of the molecule is CC(C)(C)c1cccc(S(=O)(=O)n2c(C(O)c3ccc(Br)cc3F)cc3cc(C(F)(F)F)ccc32)c1. The monoisotopic (exact) mass is 583 g/mol. The standard InChI is InChI=1S/C26H22BrF4NO3S/c1-25(2,3)16-5-4-6-19(13-16)36(34,35)32-22-10-7-17(26(29,30)31)11-15(22)12-23(32)24(33)20-9-8-18(27)14-21(20)28/h4-14,24,33H,1-3H3. The second-order valence-corrected chi connectivity index (χ2v) is 12.2. The average Bonchev–Trinajstić information content (AvgIpc) is 3.17. The van der Waals surface area contributed by atoms with Gasteiger partial charge in [0.25, 0.3) is 10.0 Å². The quantitative estimate of drug-likeness (QED) is 0.259. The fourth-order valence-electron chi connectivity index (χ4n) is 3.96. The van der Waals surface area contributed by atoms with E-state index >= 15 is 0 Å². The van der Waals surface area contributed by atoms with Crippen molar-refractivity contribution in [1.29, 1.82) is 0 Å². The van der Waals surface area contributed by atoms with Crippen molar-refractivity contribution in [3.8, 4) is 0 Å². The highest BCUT2D eigenvalue weighted by Crippen LogP contribution is 2.37. The highest BCUT2D eigenvalue weighted by molar-refractivity contribution is 9.10. The maximum Gasteiger partial charge on any atom is 0.416 e. The Morgan fingerprint density at radius 3 is 2.22 bits per heavy atom. The molecule has 0 aliphatic heterocycles. The Balaban J connectivity index is 2.01. The van der Waals surface area contributed by atoms with Gasteiger partial charge in [-0.3, -0.25) is 0 Å². The number of aliphatic hydroxyl groups excluding tert-OH is 1. The van der Waals surface area contributed by atoms with E-state index in [0.717, 1.165) is 39.9 Å². The minimum absolute atomic E-state index is 0.0630. The summed E-state index contributed by atoms with van der Waals surface area (Å²) in [5.74, 6) is -0.809. The van der Waals surface area contributed by atoms with Gasteiger partial charge in [0.1, 0.15) is 11.9 Å². The Kier molecular flexibility index (Phi) is 6.60. The third-order valence-corrected chi connectivity index (χ3v) is 8.12. The maximum absolute atomic E-state index is 14.7. The first-order valence-corrected chi connectivity index (χ1v) is 13.1. The van der Waals surface area contributed by atoms with Crippen molar-refractivity contribution < 1.29 is 31.1 Å². The van der Waals surface area contributed by atoms with Gasteiger partial charge in [0, 0.05) is 15.4 Å². The van der Waals surface area contributed by atoms with E-state index in [0.29, 0.717) is 4.47 Å². The van der Waals surface area contributed by atoms with Crippen molar-refractivity contribution >= 4 is 36.9 Å². The van der Waals surface area contributed by atoms with Gasteiger partial charge in [0.15, 0.2) is 0 Å². The molecule has 0 saturated carbocycles. The third-order valence-electron chi connectivity index (χ3n) is 5.89. The van der Waals surface area contributed by atoms with Crippen LogP contribution >= 0.6 is 15.9 Å². The number of aromatic nitrogens is 1. The summed E-state index contributed by atoms with van der Waals surface area (Å²) in [5, 5.41) is 11.0. The molecule has 10 heteroatoms. The normalized spacial score (nSPS) is 13.8. The lowest BCUT2D eigenvalue weighted by atomic mass is 9.87. The molecular weight excluding hydrogens is 562 g/mol. The Hall–Kier alpha value is -2.69. The number of fused-ring (bicyclic) bond motifs is 1. The van der Waals surface area contributed by atoms with E-state index in [1.807, 2.05) is 20.8 Å². The molecule has 0 bridgehead atoms. The predicted molar refractivity (Wildman–Crippen MR) is 133 cm³/mol. The van der Waals surface area contributed by atoms with E-state index in [2.05, 4.69) is 15.9 Å². The molecule has 0 saturated heterocycles. The van der Waals surface area contributed by atoms with Crippen LogP contribution in [-0.4, -0.2) is 17.5 Å². The van der Waals surface area contributed by atoms with Crippen LogP contribution in [0.1, 0.15) is 49.3 Å². The molecular formula is C26H22BrF4NO3S. The molecule has 1 atom stereocenters. The zero-order valence-corrected chi connectivity index (χ0v) is 21.8. The van der Waals surface area contributed by atoms with Crippen molar-refractivity contribution in [1.82, 2.24) is 3.97 Å². The lowest BCUT2D eigenvalue weighted by Crippen LogP contribution is -2.20. The molecule has 1 heterocycles. The fourth-order valence-corrected chi connectivity index (χ4v) is 5.88. The van der Waals surface area contributed by atoms with E-state index in [9.17, 15) is 31.1 Å². The molecule has 1 N–H and O–H groups in total. The Bertz CT molecular complexity index is 1570. The van der Waals surface area contributed by atoms with Gasteiger partial charge in [0.05, 0.1) is 21.7 Å².